The summed E-state index contributed by atoms with van der Waals surface area (Å²) >= 11 is 5.98. The topological polar surface area (TPSA) is 53.1 Å². The minimum Gasteiger partial charge on any atom is -0.481 e. The lowest BCUT2D eigenvalue weighted by molar-refractivity contribution is 0.362. The smallest absolute Gasteiger partial charge is 0.215 e. The molecule has 1 aromatic carbocycles. The van der Waals surface area contributed by atoms with Crippen LogP contribution in [-0.2, 0) is 13.0 Å². The van der Waals surface area contributed by atoms with Crippen LogP contribution in [0.2, 0.25) is 5.02 Å². The first kappa shape index (κ1) is 13.9. The molecular weight excluding hydrogens is 262 g/mol. The largest absolute Gasteiger partial charge is 0.481 e. The van der Waals surface area contributed by atoms with E-state index in [-0.39, 0.29) is 0 Å². The van der Waals surface area contributed by atoms with Crippen LogP contribution in [0.5, 0.6) is 5.88 Å². The minimum atomic E-state index is 0.645. The molecule has 0 radical (unpaired) electrons. The van der Waals surface area contributed by atoms with E-state index in [0.717, 1.165) is 34.9 Å². The zero-order valence-corrected chi connectivity index (χ0v) is 11.7. The zero-order valence-electron chi connectivity index (χ0n) is 11.0. The molecule has 2 rings (SSSR count). The van der Waals surface area contributed by atoms with Gasteiger partial charge in [-0.25, -0.2) is 4.68 Å². The summed E-state index contributed by atoms with van der Waals surface area (Å²) < 4.78 is 7.29. The number of halogens is 1. The van der Waals surface area contributed by atoms with Crippen molar-refractivity contribution in [2.24, 2.45) is 5.73 Å². The predicted octanol–water partition coefficient (Wildman–Crippen LogP) is 2.48. The van der Waals surface area contributed by atoms with Gasteiger partial charge in [-0.3, -0.25) is 0 Å². The van der Waals surface area contributed by atoms with E-state index in [1.807, 2.05) is 35.1 Å². The van der Waals surface area contributed by atoms with Gasteiger partial charge in [0, 0.05) is 10.6 Å². The van der Waals surface area contributed by atoms with E-state index in [9.17, 15) is 0 Å². The molecule has 0 spiro atoms. The first-order chi connectivity index (χ1) is 9.24. The van der Waals surface area contributed by atoms with Crippen molar-refractivity contribution in [3.63, 3.8) is 0 Å². The number of hydrogen-bond donors (Lipinski definition) is 1. The Bertz CT molecular complexity index is 539. The maximum atomic E-state index is 5.98. The van der Waals surface area contributed by atoms with Gasteiger partial charge in [0.15, 0.2) is 0 Å². The Hall–Kier alpha value is -1.52. The maximum absolute atomic E-state index is 5.98. The van der Waals surface area contributed by atoms with E-state index in [0.29, 0.717) is 13.1 Å². The molecule has 19 heavy (non-hydrogen) atoms. The first-order valence-electron chi connectivity index (χ1n) is 6.27. The minimum absolute atomic E-state index is 0.645. The number of rotatable bonds is 6. The summed E-state index contributed by atoms with van der Waals surface area (Å²) in [5.74, 6) is 0.799. The molecule has 0 fully saturated rings. The molecule has 0 aliphatic rings. The molecule has 0 unspecified atom stereocenters. The number of benzene rings is 1. The molecule has 2 N–H and O–H groups in total. The van der Waals surface area contributed by atoms with Crippen LogP contribution < -0.4 is 10.5 Å². The van der Waals surface area contributed by atoms with Gasteiger partial charge < -0.3 is 10.5 Å². The normalized spacial score (nSPS) is 10.7. The summed E-state index contributed by atoms with van der Waals surface area (Å²) in [7, 11) is 1.66. The molecule has 0 bridgehead atoms. The third kappa shape index (κ3) is 3.49. The fourth-order valence-electron chi connectivity index (χ4n) is 2.03. The van der Waals surface area contributed by atoms with Crippen molar-refractivity contribution in [1.82, 2.24) is 9.78 Å². The van der Waals surface area contributed by atoms with Crippen molar-refractivity contribution >= 4 is 11.6 Å². The second-order valence-corrected chi connectivity index (χ2v) is 4.80. The highest BCUT2D eigenvalue weighted by atomic mass is 35.5. The first-order valence-corrected chi connectivity index (χ1v) is 6.65. The van der Waals surface area contributed by atoms with E-state index in [1.54, 1.807) is 7.11 Å². The summed E-state index contributed by atoms with van der Waals surface area (Å²) in [5, 5.41) is 5.10. The van der Waals surface area contributed by atoms with Gasteiger partial charge in [0.2, 0.25) is 5.88 Å². The molecule has 4 nitrogen and oxygen atoms in total. The summed E-state index contributed by atoms with van der Waals surface area (Å²) in [5.41, 5.74) is 7.72. The van der Waals surface area contributed by atoms with Crippen molar-refractivity contribution in [3.8, 4) is 5.88 Å². The van der Waals surface area contributed by atoms with E-state index in [1.165, 1.54) is 0 Å². The lowest BCUT2D eigenvalue weighted by atomic mass is 10.2. The number of aromatic nitrogens is 2. The van der Waals surface area contributed by atoms with Gasteiger partial charge in [-0.15, -0.1) is 0 Å². The highest BCUT2D eigenvalue weighted by Gasteiger charge is 2.11. The lowest BCUT2D eigenvalue weighted by Gasteiger charge is -2.08. The molecule has 0 saturated heterocycles. The number of nitrogens with two attached hydrogens (primary N) is 1. The van der Waals surface area contributed by atoms with Gasteiger partial charge >= 0.3 is 0 Å². The van der Waals surface area contributed by atoms with Crippen molar-refractivity contribution in [2.45, 2.75) is 19.4 Å². The number of methoxy groups -OCH3 is 1. The predicted molar refractivity (Wildman–Crippen MR) is 76.7 cm³/mol. The average molecular weight is 280 g/mol. The summed E-state index contributed by atoms with van der Waals surface area (Å²) in [6.45, 7) is 1.31. The second kappa shape index (κ2) is 6.59. The van der Waals surface area contributed by atoms with E-state index >= 15 is 0 Å². The second-order valence-electron chi connectivity index (χ2n) is 4.36. The number of hydrogen-bond acceptors (Lipinski definition) is 3. The molecule has 0 aliphatic carbocycles. The van der Waals surface area contributed by atoms with Gasteiger partial charge in [0.1, 0.15) is 0 Å². The molecule has 5 heteroatoms. The highest BCUT2D eigenvalue weighted by molar-refractivity contribution is 6.30. The van der Waals surface area contributed by atoms with Crippen LogP contribution in [0.15, 0.2) is 30.5 Å². The third-order valence-corrected chi connectivity index (χ3v) is 3.16. The van der Waals surface area contributed by atoms with Crippen LogP contribution in [0.3, 0.4) is 0 Å². The van der Waals surface area contributed by atoms with Gasteiger partial charge in [0.05, 0.1) is 19.9 Å². The summed E-state index contributed by atoms with van der Waals surface area (Å²) in [6, 6.07) is 7.75. The monoisotopic (exact) mass is 279 g/mol. The Morgan fingerprint density at radius 1 is 1.42 bits per heavy atom. The molecule has 1 heterocycles. The van der Waals surface area contributed by atoms with Gasteiger partial charge in [-0.1, -0.05) is 23.7 Å². The van der Waals surface area contributed by atoms with Crippen LogP contribution >= 0.6 is 11.6 Å². The van der Waals surface area contributed by atoms with Gasteiger partial charge in [0.25, 0.3) is 0 Å². The highest BCUT2D eigenvalue weighted by Crippen LogP contribution is 2.21. The average Bonchev–Trinajstić information content (AvgIpc) is 2.78. The van der Waals surface area contributed by atoms with Crippen molar-refractivity contribution in [3.05, 3.63) is 46.6 Å². The molecule has 0 amide bonds. The van der Waals surface area contributed by atoms with E-state index < -0.39 is 0 Å². The van der Waals surface area contributed by atoms with Crippen LogP contribution in [0.1, 0.15) is 17.5 Å². The Kier molecular flexibility index (Phi) is 4.82. The molecular formula is C14H18ClN3O. The standard InChI is InChI=1S/C14H18ClN3O/c1-19-14-12(5-3-7-16)9-17-18(14)10-11-4-2-6-13(15)8-11/h2,4,6,8-9H,3,5,7,10,16H2,1H3. The quantitative estimate of drug-likeness (QED) is 0.884. The van der Waals surface area contributed by atoms with Crippen molar-refractivity contribution < 1.29 is 4.74 Å². The summed E-state index contributed by atoms with van der Waals surface area (Å²) in [6.07, 6.45) is 3.66. The maximum Gasteiger partial charge on any atom is 0.215 e. The van der Waals surface area contributed by atoms with Gasteiger partial charge in [-0.2, -0.15) is 5.10 Å². The van der Waals surface area contributed by atoms with E-state index in [2.05, 4.69) is 5.10 Å². The zero-order chi connectivity index (χ0) is 13.7. The Morgan fingerprint density at radius 3 is 2.95 bits per heavy atom. The molecule has 0 atom stereocenters. The van der Waals surface area contributed by atoms with Crippen molar-refractivity contribution in [1.29, 1.82) is 0 Å². The van der Waals surface area contributed by atoms with Crippen LogP contribution in [-0.4, -0.2) is 23.4 Å². The van der Waals surface area contributed by atoms with Crippen LogP contribution in [0, 0.1) is 0 Å². The fraction of sp³-hybridized carbons (Fsp3) is 0.357. The lowest BCUT2D eigenvalue weighted by Crippen LogP contribution is -2.05. The number of ether oxygens (including phenoxy) is 1. The van der Waals surface area contributed by atoms with E-state index in [4.69, 9.17) is 22.1 Å². The number of nitrogens with zero attached hydrogens (tertiary/aromatic N) is 2. The summed E-state index contributed by atoms with van der Waals surface area (Å²) in [4.78, 5) is 0. The number of aryl methyl sites for hydroxylation is 1. The Balaban J connectivity index is 2.18. The molecule has 1 aromatic heterocycles. The Morgan fingerprint density at radius 2 is 2.26 bits per heavy atom. The SMILES string of the molecule is COc1c(CCCN)cnn1Cc1cccc(Cl)c1. The molecule has 0 aliphatic heterocycles. The van der Waals surface area contributed by atoms with Crippen molar-refractivity contribution in [2.75, 3.05) is 13.7 Å². The fourth-order valence-corrected chi connectivity index (χ4v) is 2.25. The van der Waals surface area contributed by atoms with Gasteiger partial charge in [-0.05, 0) is 37.1 Å². The molecule has 0 saturated carbocycles. The molecule has 102 valence electrons. The van der Waals surface area contributed by atoms with Crippen LogP contribution in [0.25, 0.3) is 0 Å². The van der Waals surface area contributed by atoms with Crippen LogP contribution in [0.4, 0.5) is 0 Å². The third-order valence-electron chi connectivity index (χ3n) is 2.93. The Labute approximate surface area is 118 Å². The molecule has 2 aromatic rings.